The van der Waals surface area contributed by atoms with Gasteiger partial charge in [0.1, 0.15) is 12.2 Å². The Morgan fingerprint density at radius 1 is 1.29 bits per heavy atom. The second-order valence-corrected chi connectivity index (χ2v) is 6.84. The van der Waals surface area contributed by atoms with Gasteiger partial charge in [-0.2, -0.15) is 0 Å². The Labute approximate surface area is 162 Å². The van der Waals surface area contributed by atoms with Gasteiger partial charge in [0.15, 0.2) is 23.2 Å². The normalized spacial score (nSPS) is 28.9. The number of nitrogens with zero attached hydrogens (tertiary/aromatic N) is 2. The fourth-order valence-electron chi connectivity index (χ4n) is 3.18. The van der Waals surface area contributed by atoms with E-state index in [1.807, 2.05) is 30.3 Å². The summed E-state index contributed by atoms with van der Waals surface area (Å²) in [7, 11) is 0. The van der Waals surface area contributed by atoms with E-state index in [1.165, 1.54) is 0 Å². The predicted octanol–water partition coefficient (Wildman–Crippen LogP) is 2.63. The van der Waals surface area contributed by atoms with Crippen LogP contribution >= 0.6 is 0 Å². The second-order valence-electron chi connectivity index (χ2n) is 6.84. The van der Waals surface area contributed by atoms with Crippen LogP contribution in [0, 0.1) is 5.39 Å². The number of carbonyl (C=O) groups is 1. The standard InChI is InChI=1S/C19H22N2O7/c1-4-24-17(23)12(21-20)13(22)14-15(25-10-11-8-6-5-7-9-11)16-18(26-14)28-19(2,3)27-16/h5-9,14-16,18H,4,10H2,1-3H3/p+1/t14-,15-,16-,18-/m1/s1. The van der Waals surface area contributed by atoms with Crippen LogP contribution in [0.15, 0.2) is 41.8 Å². The fraction of sp³-hybridized carbons (Fsp3) is 0.526. The van der Waals surface area contributed by atoms with Gasteiger partial charge in [0, 0.05) is 0 Å². The maximum Gasteiger partial charge on any atom is 0.508 e. The van der Waals surface area contributed by atoms with Gasteiger partial charge >= 0.3 is 11.7 Å². The molecule has 28 heavy (non-hydrogen) atoms. The molecule has 1 N–H and O–H groups in total. The van der Waals surface area contributed by atoms with E-state index in [0.717, 1.165) is 5.56 Å². The van der Waals surface area contributed by atoms with Crippen LogP contribution < -0.4 is 0 Å². The van der Waals surface area contributed by atoms with Crippen molar-refractivity contribution in [1.82, 2.24) is 0 Å². The third-order valence-electron chi connectivity index (χ3n) is 4.36. The molecule has 150 valence electrons. The van der Waals surface area contributed by atoms with Crippen LogP contribution in [-0.2, 0) is 35.1 Å². The minimum Gasteiger partial charge on any atom is -0.503 e. The van der Waals surface area contributed by atoms with Crippen molar-refractivity contribution in [3.8, 4) is 0 Å². The monoisotopic (exact) mass is 391 g/mol. The lowest BCUT2D eigenvalue weighted by molar-refractivity contribution is -0.217. The number of rotatable bonds is 6. The molecule has 2 fully saturated rings. The third-order valence-corrected chi connectivity index (χ3v) is 4.36. The number of carbonyl (C=O) groups excluding carboxylic acids is 1. The highest BCUT2D eigenvalue weighted by Gasteiger charge is 2.58. The number of aliphatic hydroxyl groups is 1. The molecular formula is C19H23N2O7+. The Balaban J connectivity index is 1.86. The summed E-state index contributed by atoms with van der Waals surface area (Å²) in [5.74, 6) is -2.48. The largest absolute Gasteiger partial charge is 0.508 e. The number of diazo groups is 1. The van der Waals surface area contributed by atoms with Crippen LogP contribution in [0.25, 0.3) is 4.98 Å². The molecule has 2 heterocycles. The van der Waals surface area contributed by atoms with E-state index in [9.17, 15) is 15.3 Å². The highest BCUT2D eigenvalue weighted by atomic mass is 16.8. The molecule has 0 aliphatic carbocycles. The van der Waals surface area contributed by atoms with Crippen molar-refractivity contribution >= 4 is 5.97 Å². The van der Waals surface area contributed by atoms with E-state index in [2.05, 4.69) is 4.98 Å². The molecule has 2 aliphatic heterocycles. The molecule has 2 aliphatic rings. The van der Waals surface area contributed by atoms with Gasteiger partial charge in [0.2, 0.25) is 11.2 Å². The number of hydrogen-bond donors (Lipinski definition) is 1. The summed E-state index contributed by atoms with van der Waals surface area (Å²) >= 11 is 0. The summed E-state index contributed by atoms with van der Waals surface area (Å²) in [4.78, 5) is 14.8. The van der Waals surface area contributed by atoms with Crippen molar-refractivity contribution in [3.05, 3.63) is 52.3 Å². The molecule has 0 saturated carbocycles. The van der Waals surface area contributed by atoms with Crippen molar-refractivity contribution in [2.75, 3.05) is 6.61 Å². The minimum absolute atomic E-state index is 0.0518. The van der Waals surface area contributed by atoms with E-state index in [-0.39, 0.29) is 13.2 Å². The smallest absolute Gasteiger partial charge is 0.503 e. The summed E-state index contributed by atoms with van der Waals surface area (Å²) in [6, 6.07) is 9.43. The molecule has 4 atom stereocenters. The number of ether oxygens (including phenoxy) is 5. The van der Waals surface area contributed by atoms with Gasteiger partial charge < -0.3 is 28.8 Å². The summed E-state index contributed by atoms with van der Waals surface area (Å²) in [6.07, 6.45) is -3.40. The molecule has 0 aromatic heterocycles. The molecule has 0 bridgehead atoms. The van der Waals surface area contributed by atoms with Gasteiger partial charge in [-0.25, -0.2) is 4.79 Å². The van der Waals surface area contributed by atoms with E-state index < -0.39 is 47.8 Å². The quantitative estimate of drug-likeness (QED) is 0.341. The van der Waals surface area contributed by atoms with Crippen LogP contribution in [0.1, 0.15) is 26.3 Å². The lowest BCUT2D eigenvalue weighted by Crippen LogP contribution is -2.38. The zero-order valence-corrected chi connectivity index (χ0v) is 15.9. The molecule has 1 aromatic carbocycles. The molecule has 0 spiro atoms. The van der Waals surface area contributed by atoms with Crippen LogP contribution in [0.2, 0.25) is 0 Å². The molecule has 2 saturated heterocycles. The highest BCUT2D eigenvalue weighted by molar-refractivity contribution is 5.90. The van der Waals surface area contributed by atoms with Crippen molar-refractivity contribution in [1.29, 1.82) is 5.39 Å². The van der Waals surface area contributed by atoms with Gasteiger partial charge in [-0.15, -0.1) is 0 Å². The third kappa shape index (κ3) is 4.15. The zero-order valence-electron chi connectivity index (χ0n) is 15.9. The van der Waals surface area contributed by atoms with Gasteiger partial charge in [0.05, 0.1) is 13.2 Å². The maximum atomic E-state index is 12.0. The number of hydrogen-bond acceptors (Lipinski definition) is 8. The van der Waals surface area contributed by atoms with E-state index in [4.69, 9.17) is 23.7 Å². The average molecular weight is 391 g/mol. The van der Waals surface area contributed by atoms with Crippen LogP contribution in [0.5, 0.6) is 0 Å². The number of fused-ring (bicyclic) bond motifs is 1. The van der Waals surface area contributed by atoms with Gasteiger partial charge in [-0.05, 0) is 26.3 Å². The molecule has 3 rings (SSSR count). The number of aliphatic hydroxyl groups excluding tert-OH is 1. The summed E-state index contributed by atoms with van der Waals surface area (Å²) in [5, 5.41) is 19.7. The minimum atomic E-state index is -1.13. The van der Waals surface area contributed by atoms with Crippen molar-refractivity contribution in [2.45, 2.75) is 57.8 Å². The molecule has 9 heteroatoms. The topological polar surface area (TPSA) is 112 Å². The Morgan fingerprint density at radius 2 is 2.00 bits per heavy atom. The van der Waals surface area contributed by atoms with Gasteiger partial charge in [0.25, 0.3) is 0 Å². The first-order valence-corrected chi connectivity index (χ1v) is 8.98. The first kappa shape index (κ1) is 20.2. The van der Waals surface area contributed by atoms with E-state index in [1.54, 1.807) is 20.8 Å². The Kier molecular flexibility index (Phi) is 5.96. The first-order valence-electron chi connectivity index (χ1n) is 8.98. The predicted molar refractivity (Wildman–Crippen MR) is 95.1 cm³/mol. The Morgan fingerprint density at radius 3 is 2.64 bits per heavy atom. The summed E-state index contributed by atoms with van der Waals surface area (Å²) in [6.45, 7) is 5.34. The molecule has 0 amide bonds. The van der Waals surface area contributed by atoms with E-state index in [0.29, 0.717) is 0 Å². The first-order chi connectivity index (χ1) is 13.4. The van der Waals surface area contributed by atoms with E-state index >= 15 is 0 Å². The Hall–Kier alpha value is -2.51. The van der Waals surface area contributed by atoms with Crippen molar-refractivity contribution < 1.29 is 33.6 Å². The van der Waals surface area contributed by atoms with Gasteiger partial charge in [-0.3, -0.25) is 0 Å². The molecule has 0 radical (unpaired) electrons. The Bertz CT molecular complexity index is 787. The van der Waals surface area contributed by atoms with Crippen molar-refractivity contribution in [3.63, 3.8) is 0 Å². The number of benzene rings is 1. The summed E-state index contributed by atoms with van der Waals surface area (Å²) in [5.41, 5.74) is 0.253. The highest BCUT2D eigenvalue weighted by Crippen LogP contribution is 2.41. The van der Waals surface area contributed by atoms with Gasteiger partial charge in [-0.1, -0.05) is 30.3 Å². The lowest BCUT2D eigenvalue weighted by atomic mass is 10.1. The second kappa shape index (κ2) is 8.24. The lowest BCUT2D eigenvalue weighted by Gasteiger charge is -2.25. The number of esters is 1. The molecule has 0 unspecified atom stereocenters. The SMILES string of the molecule is CCOC(=O)/C([N+]#N)=C(\O)[C@H]1O[C@@H]2OC(C)(C)O[C@@H]2[C@@H]1OCc1ccccc1. The van der Waals surface area contributed by atoms with Crippen LogP contribution in [-0.4, -0.2) is 48.1 Å². The fourth-order valence-corrected chi connectivity index (χ4v) is 3.18. The molecule has 9 nitrogen and oxygen atoms in total. The average Bonchev–Trinajstić information content (AvgIpc) is 3.13. The molecule has 1 aromatic rings. The maximum absolute atomic E-state index is 12.0. The summed E-state index contributed by atoms with van der Waals surface area (Å²) < 4.78 is 28.0. The molecular weight excluding hydrogens is 368 g/mol. The van der Waals surface area contributed by atoms with Crippen LogP contribution in [0.4, 0.5) is 0 Å². The van der Waals surface area contributed by atoms with Crippen molar-refractivity contribution in [2.24, 2.45) is 0 Å². The van der Waals surface area contributed by atoms with Crippen LogP contribution in [0.3, 0.4) is 0 Å². The zero-order chi connectivity index (χ0) is 20.3.